The minimum Gasteiger partial charge on any atom is -0.316 e. The van der Waals surface area contributed by atoms with E-state index in [1.165, 1.54) is 58.4 Å². The summed E-state index contributed by atoms with van der Waals surface area (Å²) in [6.45, 7) is 13.2. The van der Waals surface area contributed by atoms with Gasteiger partial charge in [-0.3, -0.25) is 0 Å². The van der Waals surface area contributed by atoms with Crippen LogP contribution in [0, 0.1) is 5.41 Å². The molecule has 1 saturated heterocycles. The predicted octanol–water partition coefficient (Wildman–Crippen LogP) is 2.50. The molecule has 0 saturated carbocycles. The van der Waals surface area contributed by atoms with Crippen molar-refractivity contribution in [3.63, 3.8) is 0 Å². The summed E-state index contributed by atoms with van der Waals surface area (Å²) in [6, 6.07) is 0. The highest BCUT2D eigenvalue weighted by Crippen LogP contribution is 2.30. The molecule has 1 fully saturated rings. The van der Waals surface area contributed by atoms with Gasteiger partial charge >= 0.3 is 0 Å². The van der Waals surface area contributed by atoms with Crippen molar-refractivity contribution in [2.24, 2.45) is 5.41 Å². The van der Waals surface area contributed by atoms with Crippen LogP contribution in [-0.2, 0) is 0 Å². The monoisotopic (exact) mass is 212 g/mol. The summed E-state index contributed by atoms with van der Waals surface area (Å²) in [4.78, 5) is 2.64. The molecule has 1 heterocycles. The molecular formula is C13H28N2. The topological polar surface area (TPSA) is 15.3 Å². The van der Waals surface area contributed by atoms with Gasteiger partial charge in [0.15, 0.2) is 0 Å². The molecule has 1 rings (SSSR count). The van der Waals surface area contributed by atoms with Crippen molar-refractivity contribution in [2.75, 3.05) is 32.7 Å². The molecule has 1 aliphatic heterocycles. The van der Waals surface area contributed by atoms with Gasteiger partial charge in [0, 0.05) is 13.1 Å². The van der Waals surface area contributed by atoms with Crippen LogP contribution < -0.4 is 5.32 Å². The quantitative estimate of drug-likeness (QED) is 0.697. The van der Waals surface area contributed by atoms with Gasteiger partial charge in [-0.15, -0.1) is 0 Å². The molecule has 2 heteroatoms. The Bertz CT molecular complexity index is 162. The van der Waals surface area contributed by atoms with Crippen molar-refractivity contribution in [1.82, 2.24) is 10.2 Å². The molecule has 0 amide bonds. The molecule has 0 aromatic carbocycles. The van der Waals surface area contributed by atoms with Crippen LogP contribution in [0.15, 0.2) is 0 Å². The smallest absolute Gasteiger partial charge is 0.00504 e. The second kappa shape index (κ2) is 6.49. The fourth-order valence-corrected chi connectivity index (χ4v) is 2.55. The third-order valence-corrected chi connectivity index (χ3v) is 3.92. The van der Waals surface area contributed by atoms with E-state index < -0.39 is 0 Å². The van der Waals surface area contributed by atoms with Gasteiger partial charge in [-0.05, 0) is 44.3 Å². The predicted molar refractivity (Wildman–Crippen MR) is 67.2 cm³/mol. The zero-order valence-electron chi connectivity index (χ0n) is 10.8. The van der Waals surface area contributed by atoms with Gasteiger partial charge in [-0.2, -0.15) is 0 Å². The number of hydrogen-bond donors (Lipinski definition) is 1. The highest BCUT2D eigenvalue weighted by Gasteiger charge is 2.33. The Balaban J connectivity index is 2.40. The fourth-order valence-electron chi connectivity index (χ4n) is 2.55. The molecular weight excluding hydrogens is 184 g/mol. The lowest BCUT2D eigenvalue weighted by Crippen LogP contribution is -2.39. The van der Waals surface area contributed by atoms with Crippen LogP contribution in [-0.4, -0.2) is 37.6 Å². The van der Waals surface area contributed by atoms with Crippen LogP contribution in [0.5, 0.6) is 0 Å². The van der Waals surface area contributed by atoms with Crippen molar-refractivity contribution in [2.45, 2.75) is 46.5 Å². The SMILES string of the molecule is CCCCN(CC)CC1(CC)CCNC1. The van der Waals surface area contributed by atoms with Gasteiger partial charge in [0.2, 0.25) is 0 Å². The highest BCUT2D eigenvalue weighted by molar-refractivity contribution is 4.89. The van der Waals surface area contributed by atoms with Crippen molar-refractivity contribution in [3.8, 4) is 0 Å². The summed E-state index contributed by atoms with van der Waals surface area (Å²) < 4.78 is 0. The van der Waals surface area contributed by atoms with E-state index >= 15 is 0 Å². The lowest BCUT2D eigenvalue weighted by Gasteiger charge is -2.33. The Kier molecular flexibility index (Phi) is 5.62. The van der Waals surface area contributed by atoms with E-state index in [-0.39, 0.29) is 0 Å². The molecule has 15 heavy (non-hydrogen) atoms. The Labute approximate surface area is 95.4 Å². The van der Waals surface area contributed by atoms with E-state index in [9.17, 15) is 0 Å². The molecule has 0 bridgehead atoms. The summed E-state index contributed by atoms with van der Waals surface area (Å²) in [7, 11) is 0. The second-order valence-electron chi connectivity index (χ2n) is 5.00. The first kappa shape index (κ1) is 13.0. The molecule has 1 atom stereocenters. The largest absolute Gasteiger partial charge is 0.316 e. The lowest BCUT2D eigenvalue weighted by atomic mass is 9.83. The van der Waals surface area contributed by atoms with Crippen LogP contribution >= 0.6 is 0 Å². The van der Waals surface area contributed by atoms with E-state index in [0.717, 1.165) is 0 Å². The standard InChI is InChI=1S/C13H28N2/c1-4-7-10-15(6-3)12-13(5-2)8-9-14-11-13/h14H,4-12H2,1-3H3. The van der Waals surface area contributed by atoms with E-state index in [0.29, 0.717) is 5.41 Å². The van der Waals surface area contributed by atoms with Crippen LogP contribution in [0.2, 0.25) is 0 Å². The normalized spacial score (nSPS) is 26.4. The first-order valence-electron chi connectivity index (χ1n) is 6.69. The van der Waals surface area contributed by atoms with Gasteiger partial charge in [-0.25, -0.2) is 0 Å². The first-order valence-corrected chi connectivity index (χ1v) is 6.69. The number of rotatable bonds is 7. The Morgan fingerprint density at radius 1 is 1.27 bits per heavy atom. The zero-order valence-corrected chi connectivity index (χ0v) is 10.8. The van der Waals surface area contributed by atoms with Gasteiger partial charge in [0.1, 0.15) is 0 Å². The molecule has 0 spiro atoms. The van der Waals surface area contributed by atoms with Gasteiger partial charge in [0.25, 0.3) is 0 Å². The van der Waals surface area contributed by atoms with E-state index in [1.54, 1.807) is 0 Å². The van der Waals surface area contributed by atoms with Crippen molar-refractivity contribution < 1.29 is 0 Å². The lowest BCUT2D eigenvalue weighted by molar-refractivity contribution is 0.162. The Morgan fingerprint density at radius 3 is 2.53 bits per heavy atom. The number of nitrogens with one attached hydrogen (secondary N) is 1. The van der Waals surface area contributed by atoms with Gasteiger partial charge in [0.05, 0.1) is 0 Å². The summed E-state index contributed by atoms with van der Waals surface area (Å²) in [6.07, 6.45) is 5.35. The van der Waals surface area contributed by atoms with Gasteiger partial charge in [-0.1, -0.05) is 27.2 Å². The maximum absolute atomic E-state index is 3.52. The Morgan fingerprint density at radius 2 is 2.07 bits per heavy atom. The van der Waals surface area contributed by atoms with Crippen LogP contribution in [0.25, 0.3) is 0 Å². The second-order valence-corrected chi connectivity index (χ2v) is 5.00. The zero-order chi connectivity index (χ0) is 11.1. The van der Waals surface area contributed by atoms with Crippen molar-refractivity contribution in [3.05, 3.63) is 0 Å². The number of hydrogen-bond acceptors (Lipinski definition) is 2. The summed E-state index contributed by atoms with van der Waals surface area (Å²) >= 11 is 0. The minimum atomic E-state index is 0.573. The summed E-state index contributed by atoms with van der Waals surface area (Å²) in [5.41, 5.74) is 0.573. The maximum atomic E-state index is 3.52. The molecule has 0 aliphatic carbocycles. The van der Waals surface area contributed by atoms with Gasteiger partial charge < -0.3 is 10.2 Å². The molecule has 1 aliphatic rings. The van der Waals surface area contributed by atoms with E-state index in [1.807, 2.05) is 0 Å². The average molecular weight is 212 g/mol. The molecule has 90 valence electrons. The molecule has 1 unspecified atom stereocenters. The van der Waals surface area contributed by atoms with Crippen LogP contribution in [0.3, 0.4) is 0 Å². The molecule has 0 aromatic heterocycles. The van der Waals surface area contributed by atoms with E-state index in [4.69, 9.17) is 0 Å². The van der Waals surface area contributed by atoms with Crippen LogP contribution in [0.1, 0.15) is 46.5 Å². The van der Waals surface area contributed by atoms with E-state index in [2.05, 4.69) is 31.0 Å². The molecule has 2 nitrogen and oxygen atoms in total. The fraction of sp³-hybridized carbons (Fsp3) is 1.00. The third kappa shape index (κ3) is 3.76. The van der Waals surface area contributed by atoms with Crippen molar-refractivity contribution >= 4 is 0 Å². The first-order chi connectivity index (χ1) is 7.26. The Hall–Kier alpha value is -0.0800. The summed E-state index contributed by atoms with van der Waals surface area (Å²) in [5.74, 6) is 0. The van der Waals surface area contributed by atoms with Crippen molar-refractivity contribution in [1.29, 1.82) is 0 Å². The molecule has 0 aromatic rings. The molecule has 1 N–H and O–H groups in total. The molecule has 0 radical (unpaired) electrons. The summed E-state index contributed by atoms with van der Waals surface area (Å²) in [5, 5.41) is 3.52. The minimum absolute atomic E-state index is 0.573. The number of nitrogens with zero attached hydrogens (tertiary/aromatic N) is 1. The third-order valence-electron chi connectivity index (χ3n) is 3.92. The number of unbranched alkanes of at least 4 members (excludes halogenated alkanes) is 1. The maximum Gasteiger partial charge on any atom is 0.00504 e. The highest BCUT2D eigenvalue weighted by atomic mass is 15.1. The average Bonchev–Trinajstić information content (AvgIpc) is 2.73. The van der Waals surface area contributed by atoms with Crippen LogP contribution in [0.4, 0.5) is 0 Å².